The van der Waals surface area contributed by atoms with Crippen molar-refractivity contribution in [3.63, 3.8) is 0 Å². The minimum atomic E-state index is -0.913. The summed E-state index contributed by atoms with van der Waals surface area (Å²) in [4.78, 5) is 13.1. The minimum Gasteiger partial charge on any atom is -0.478 e. The Labute approximate surface area is 128 Å². The molecule has 108 valence electrons. The van der Waals surface area contributed by atoms with Crippen LogP contribution < -0.4 is 4.90 Å². The SMILES string of the molecule is CCCC1CCN(c2cc(Br)ccc2/C=C/C(=O)O)C1. The van der Waals surface area contributed by atoms with Gasteiger partial charge in [-0.2, -0.15) is 0 Å². The number of rotatable bonds is 5. The number of hydrogen-bond acceptors (Lipinski definition) is 2. The number of hydrogen-bond donors (Lipinski definition) is 1. The molecule has 1 aliphatic heterocycles. The van der Waals surface area contributed by atoms with E-state index >= 15 is 0 Å². The van der Waals surface area contributed by atoms with Crippen molar-refractivity contribution in [1.82, 2.24) is 0 Å². The largest absolute Gasteiger partial charge is 0.478 e. The fraction of sp³-hybridized carbons (Fsp3) is 0.438. The van der Waals surface area contributed by atoms with Crippen molar-refractivity contribution in [2.45, 2.75) is 26.2 Å². The third kappa shape index (κ3) is 3.85. The highest BCUT2D eigenvalue weighted by Crippen LogP contribution is 2.32. The van der Waals surface area contributed by atoms with E-state index in [9.17, 15) is 4.79 Å². The van der Waals surface area contributed by atoms with Gasteiger partial charge in [0, 0.05) is 29.3 Å². The molecule has 1 unspecified atom stereocenters. The minimum absolute atomic E-state index is 0.760. The zero-order chi connectivity index (χ0) is 14.5. The number of anilines is 1. The van der Waals surface area contributed by atoms with Crippen molar-refractivity contribution >= 4 is 33.7 Å². The van der Waals surface area contributed by atoms with Crippen molar-refractivity contribution in [3.05, 3.63) is 34.3 Å². The number of benzene rings is 1. The summed E-state index contributed by atoms with van der Waals surface area (Å²) in [6, 6.07) is 5.99. The van der Waals surface area contributed by atoms with Crippen LogP contribution in [0, 0.1) is 5.92 Å². The van der Waals surface area contributed by atoms with Crippen molar-refractivity contribution in [2.24, 2.45) is 5.92 Å². The van der Waals surface area contributed by atoms with Gasteiger partial charge < -0.3 is 10.0 Å². The molecule has 0 saturated carbocycles. The smallest absolute Gasteiger partial charge is 0.328 e. The second kappa shape index (κ2) is 6.93. The lowest BCUT2D eigenvalue weighted by Gasteiger charge is -2.21. The van der Waals surface area contributed by atoms with Gasteiger partial charge in [-0.25, -0.2) is 4.79 Å². The van der Waals surface area contributed by atoms with E-state index in [0.717, 1.165) is 34.7 Å². The number of aliphatic carboxylic acids is 1. The zero-order valence-corrected chi connectivity index (χ0v) is 13.3. The van der Waals surface area contributed by atoms with Crippen molar-refractivity contribution in [3.8, 4) is 0 Å². The van der Waals surface area contributed by atoms with Crippen LogP contribution in [0.1, 0.15) is 31.7 Å². The molecule has 1 heterocycles. The fourth-order valence-corrected chi connectivity index (χ4v) is 3.14. The van der Waals surface area contributed by atoms with Gasteiger partial charge in [-0.15, -0.1) is 0 Å². The van der Waals surface area contributed by atoms with Gasteiger partial charge >= 0.3 is 5.97 Å². The number of carbonyl (C=O) groups is 1. The van der Waals surface area contributed by atoms with Crippen molar-refractivity contribution < 1.29 is 9.90 Å². The number of nitrogens with zero attached hydrogens (tertiary/aromatic N) is 1. The lowest BCUT2D eigenvalue weighted by Crippen LogP contribution is -2.20. The maximum Gasteiger partial charge on any atom is 0.328 e. The molecule has 1 saturated heterocycles. The predicted octanol–water partition coefficient (Wildman–Crippen LogP) is 4.17. The zero-order valence-electron chi connectivity index (χ0n) is 11.7. The number of carboxylic acids is 1. The summed E-state index contributed by atoms with van der Waals surface area (Å²) in [5.74, 6) is -0.153. The Morgan fingerprint density at radius 3 is 3.05 bits per heavy atom. The maximum absolute atomic E-state index is 10.7. The molecule has 0 aliphatic carbocycles. The highest BCUT2D eigenvalue weighted by atomic mass is 79.9. The van der Waals surface area contributed by atoms with E-state index < -0.39 is 5.97 Å². The quantitative estimate of drug-likeness (QED) is 0.819. The van der Waals surface area contributed by atoms with Gasteiger partial charge in [0.05, 0.1) is 0 Å². The molecule has 4 heteroatoms. The third-order valence-electron chi connectivity index (χ3n) is 3.72. The fourth-order valence-electron chi connectivity index (χ4n) is 2.79. The highest BCUT2D eigenvalue weighted by molar-refractivity contribution is 9.10. The summed E-state index contributed by atoms with van der Waals surface area (Å²) in [5, 5.41) is 8.79. The molecule has 1 aliphatic rings. The first-order chi connectivity index (χ1) is 9.60. The van der Waals surface area contributed by atoms with E-state index in [1.165, 1.54) is 25.3 Å². The molecule has 0 bridgehead atoms. The maximum atomic E-state index is 10.7. The summed E-state index contributed by atoms with van der Waals surface area (Å²) < 4.78 is 1.03. The Kier molecular flexibility index (Phi) is 5.24. The van der Waals surface area contributed by atoms with E-state index in [-0.39, 0.29) is 0 Å². The molecular formula is C16H20BrNO2. The lowest BCUT2D eigenvalue weighted by atomic mass is 10.0. The van der Waals surface area contributed by atoms with Crippen molar-refractivity contribution in [2.75, 3.05) is 18.0 Å². The van der Waals surface area contributed by atoms with Gasteiger partial charge in [-0.3, -0.25) is 0 Å². The van der Waals surface area contributed by atoms with Crippen LogP contribution in [-0.2, 0) is 4.79 Å². The van der Waals surface area contributed by atoms with Crippen LogP contribution >= 0.6 is 15.9 Å². The van der Waals surface area contributed by atoms with Crippen LogP contribution in [0.15, 0.2) is 28.7 Å². The summed E-state index contributed by atoms with van der Waals surface area (Å²) in [6.07, 6.45) is 6.60. The molecule has 1 fully saturated rings. The molecular weight excluding hydrogens is 318 g/mol. The molecule has 1 aromatic rings. The standard InChI is InChI=1S/C16H20BrNO2/c1-2-3-12-8-9-18(11-12)15-10-14(17)6-4-13(15)5-7-16(19)20/h4-7,10,12H,2-3,8-9,11H2,1H3,(H,19,20)/b7-5+. The number of carboxylic acid groups (broad SMARTS) is 1. The molecule has 2 rings (SSSR count). The van der Waals surface area contributed by atoms with Gasteiger partial charge in [0.1, 0.15) is 0 Å². The summed E-state index contributed by atoms with van der Waals surface area (Å²) in [5.41, 5.74) is 2.09. The van der Waals surface area contributed by atoms with Gasteiger partial charge in [-0.05, 0) is 42.5 Å². The second-order valence-corrected chi connectivity index (χ2v) is 6.18. The highest BCUT2D eigenvalue weighted by Gasteiger charge is 2.23. The van der Waals surface area contributed by atoms with Gasteiger partial charge in [0.15, 0.2) is 0 Å². The van der Waals surface area contributed by atoms with E-state index in [0.29, 0.717) is 0 Å². The molecule has 1 atom stereocenters. The second-order valence-electron chi connectivity index (χ2n) is 5.26. The number of halogens is 1. The first-order valence-electron chi connectivity index (χ1n) is 7.05. The Hall–Kier alpha value is -1.29. The Morgan fingerprint density at radius 1 is 1.55 bits per heavy atom. The van der Waals surface area contributed by atoms with Crippen LogP contribution in [0.4, 0.5) is 5.69 Å². The van der Waals surface area contributed by atoms with E-state index in [4.69, 9.17) is 5.11 Å². The normalized spacial score (nSPS) is 18.9. The van der Waals surface area contributed by atoms with Gasteiger partial charge in [0.2, 0.25) is 0 Å². The topological polar surface area (TPSA) is 40.5 Å². The summed E-state index contributed by atoms with van der Waals surface area (Å²) in [6.45, 7) is 4.34. The molecule has 3 nitrogen and oxygen atoms in total. The molecule has 0 spiro atoms. The van der Waals surface area contributed by atoms with Crippen LogP contribution in [0.3, 0.4) is 0 Å². The monoisotopic (exact) mass is 337 g/mol. The molecule has 0 aromatic heterocycles. The van der Waals surface area contributed by atoms with Gasteiger partial charge in [0.25, 0.3) is 0 Å². The molecule has 1 aromatic carbocycles. The third-order valence-corrected chi connectivity index (χ3v) is 4.21. The average Bonchev–Trinajstić information content (AvgIpc) is 2.86. The molecule has 0 amide bonds. The van der Waals surface area contributed by atoms with Crippen molar-refractivity contribution in [1.29, 1.82) is 0 Å². The van der Waals surface area contributed by atoms with Crippen LogP contribution in [-0.4, -0.2) is 24.2 Å². The van der Waals surface area contributed by atoms with Gasteiger partial charge in [-0.1, -0.05) is 35.3 Å². The first kappa shape index (κ1) is 15.1. The average molecular weight is 338 g/mol. The molecule has 20 heavy (non-hydrogen) atoms. The van der Waals surface area contributed by atoms with Crippen LogP contribution in [0.25, 0.3) is 6.08 Å². The Morgan fingerprint density at radius 2 is 2.35 bits per heavy atom. The van der Waals surface area contributed by atoms with E-state index in [1.807, 2.05) is 12.1 Å². The van der Waals surface area contributed by atoms with Crippen LogP contribution in [0.2, 0.25) is 0 Å². The van der Waals surface area contributed by atoms with E-state index in [1.54, 1.807) is 6.08 Å². The Bertz CT molecular complexity index is 513. The van der Waals surface area contributed by atoms with E-state index in [2.05, 4.69) is 33.8 Å². The summed E-state index contributed by atoms with van der Waals surface area (Å²) in [7, 11) is 0. The lowest BCUT2D eigenvalue weighted by molar-refractivity contribution is -0.131. The predicted molar refractivity (Wildman–Crippen MR) is 86.0 cm³/mol. The first-order valence-corrected chi connectivity index (χ1v) is 7.85. The Balaban J connectivity index is 2.21. The van der Waals surface area contributed by atoms with Crippen LogP contribution in [0.5, 0.6) is 0 Å². The summed E-state index contributed by atoms with van der Waals surface area (Å²) >= 11 is 3.50. The molecule has 1 N–H and O–H groups in total. The molecule has 0 radical (unpaired) electrons.